The lowest BCUT2D eigenvalue weighted by molar-refractivity contribution is -0.149. The number of hydrogen-bond donors (Lipinski definition) is 2. The molecule has 20 heavy (non-hydrogen) atoms. The molecule has 1 aliphatic heterocycles. The average Bonchev–Trinajstić information content (AvgIpc) is 2.88. The molecule has 0 aromatic heterocycles. The summed E-state index contributed by atoms with van der Waals surface area (Å²) in [4.78, 5) is 22.7. The molecule has 1 aliphatic rings. The van der Waals surface area contributed by atoms with Gasteiger partial charge >= 0.3 is 5.97 Å². The van der Waals surface area contributed by atoms with Crippen molar-refractivity contribution in [2.24, 2.45) is 0 Å². The lowest BCUT2D eigenvalue weighted by atomic mass is 10.1. The minimum atomic E-state index is -0.954. The fraction of sp³-hybridized carbons (Fsp3) is 0.429. The maximum atomic E-state index is 11.9. The molecular formula is C14H16ClNO4. The number of carbonyl (C=O) groups is 2. The van der Waals surface area contributed by atoms with Gasteiger partial charge in [0.1, 0.15) is 0 Å². The number of hydrogen-bond acceptors (Lipinski definition) is 3. The van der Waals surface area contributed by atoms with Gasteiger partial charge in [0.15, 0.2) is 6.10 Å². The topological polar surface area (TPSA) is 75.6 Å². The first-order chi connectivity index (χ1) is 9.47. The number of ether oxygens (including phenoxy) is 1. The van der Waals surface area contributed by atoms with E-state index in [1.807, 2.05) is 6.92 Å². The highest BCUT2D eigenvalue weighted by atomic mass is 35.5. The highest BCUT2D eigenvalue weighted by molar-refractivity contribution is 6.31. The van der Waals surface area contributed by atoms with Crippen molar-refractivity contribution in [2.45, 2.75) is 32.0 Å². The Kier molecular flexibility index (Phi) is 4.62. The van der Waals surface area contributed by atoms with Gasteiger partial charge < -0.3 is 15.2 Å². The number of halogens is 1. The van der Waals surface area contributed by atoms with Gasteiger partial charge in [-0.1, -0.05) is 17.7 Å². The molecule has 2 N–H and O–H groups in total. The van der Waals surface area contributed by atoms with Gasteiger partial charge in [0.05, 0.1) is 6.10 Å². The number of carboxylic acid groups (broad SMARTS) is 1. The SMILES string of the molecule is Cc1ccc(C(=O)NCC2CCC(C(=O)O)O2)cc1Cl. The van der Waals surface area contributed by atoms with E-state index in [9.17, 15) is 9.59 Å². The Hall–Kier alpha value is -1.59. The second-order valence-corrected chi connectivity index (χ2v) is 5.24. The number of benzene rings is 1. The van der Waals surface area contributed by atoms with Crippen molar-refractivity contribution >= 4 is 23.5 Å². The predicted octanol–water partition coefficient (Wildman–Crippen LogP) is 2.01. The maximum absolute atomic E-state index is 11.9. The van der Waals surface area contributed by atoms with Crippen molar-refractivity contribution in [3.8, 4) is 0 Å². The number of rotatable bonds is 4. The molecular weight excluding hydrogens is 282 g/mol. The molecule has 0 saturated carbocycles. The molecule has 2 unspecified atom stereocenters. The van der Waals surface area contributed by atoms with Crippen LogP contribution in [0.25, 0.3) is 0 Å². The Balaban J connectivity index is 1.86. The third-order valence-electron chi connectivity index (χ3n) is 3.31. The first-order valence-electron chi connectivity index (χ1n) is 6.40. The zero-order valence-corrected chi connectivity index (χ0v) is 11.8. The summed E-state index contributed by atoms with van der Waals surface area (Å²) in [5.74, 6) is -1.20. The molecule has 1 amide bonds. The highest BCUT2D eigenvalue weighted by Gasteiger charge is 2.30. The minimum absolute atomic E-state index is 0.241. The second-order valence-electron chi connectivity index (χ2n) is 4.84. The molecule has 0 radical (unpaired) electrons. The van der Waals surface area contributed by atoms with Gasteiger partial charge in [0.25, 0.3) is 5.91 Å². The molecule has 1 saturated heterocycles. The number of amides is 1. The third kappa shape index (κ3) is 3.49. The van der Waals surface area contributed by atoms with E-state index in [0.717, 1.165) is 5.56 Å². The van der Waals surface area contributed by atoms with Crippen LogP contribution < -0.4 is 5.32 Å². The van der Waals surface area contributed by atoms with E-state index >= 15 is 0 Å². The fourth-order valence-electron chi connectivity index (χ4n) is 2.08. The number of nitrogens with one attached hydrogen (secondary N) is 1. The van der Waals surface area contributed by atoms with Crippen molar-refractivity contribution in [3.63, 3.8) is 0 Å². The molecule has 0 bridgehead atoms. The first kappa shape index (κ1) is 14.8. The maximum Gasteiger partial charge on any atom is 0.332 e. The molecule has 1 heterocycles. The Morgan fingerprint density at radius 3 is 2.80 bits per heavy atom. The third-order valence-corrected chi connectivity index (χ3v) is 3.71. The minimum Gasteiger partial charge on any atom is -0.479 e. The van der Waals surface area contributed by atoms with E-state index in [1.54, 1.807) is 18.2 Å². The van der Waals surface area contributed by atoms with Gasteiger partial charge in [0, 0.05) is 17.1 Å². The first-order valence-corrected chi connectivity index (χ1v) is 6.78. The van der Waals surface area contributed by atoms with Crippen LogP contribution in [0.15, 0.2) is 18.2 Å². The van der Waals surface area contributed by atoms with E-state index in [2.05, 4.69) is 5.32 Å². The van der Waals surface area contributed by atoms with E-state index < -0.39 is 12.1 Å². The van der Waals surface area contributed by atoms with Crippen molar-refractivity contribution in [2.75, 3.05) is 6.54 Å². The molecule has 2 rings (SSSR count). The lowest BCUT2D eigenvalue weighted by Crippen LogP contribution is -2.33. The van der Waals surface area contributed by atoms with E-state index in [1.165, 1.54) is 0 Å². The molecule has 6 heteroatoms. The van der Waals surface area contributed by atoms with E-state index in [-0.39, 0.29) is 12.0 Å². The van der Waals surface area contributed by atoms with Crippen LogP contribution in [0.2, 0.25) is 5.02 Å². The molecule has 2 atom stereocenters. The standard InChI is InChI=1S/C14H16ClNO4/c1-8-2-3-9(6-11(8)15)13(17)16-7-10-4-5-12(20-10)14(18)19/h2-3,6,10,12H,4-5,7H2,1H3,(H,16,17)(H,18,19). The summed E-state index contributed by atoms with van der Waals surface area (Å²) in [6.45, 7) is 2.16. The molecule has 1 fully saturated rings. The average molecular weight is 298 g/mol. The Morgan fingerprint density at radius 2 is 2.20 bits per heavy atom. The van der Waals surface area contributed by atoms with Gasteiger partial charge in [-0.2, -0.15) is 0 Å². The van der Waals surface area contributed by atoms with Crippen LogP contribution in [0.5, 0.6) is 0 Å². The van der Waals surface area contributed by atoms with E-state index in [0.29, 0.717) is 30.0 Å². The summed E-state index contributed by atoms with van der Waals surface area (Å²) in [5.41, 5.74) is 1.39. The van der Waals surface area contributed by atoms with Gasteiger partial charge in [-0.15, -0.1) is 0 Å². The summed E-state index contributed by atoms with van der Waals surface area (Å²) in [6, 6.07) is 5.09. The van der Waals surface area contributed by atoms with Crippen LogP contribution in [0.1, 0.15) is 28.8 Å². The molecule has 1 aromatic rings. The molecule has 0 spiro atoms. The van der Waals surface area contributed by atoms with Crippen molar-refractivity contribution < 1.29 is 19.4 Å². The Morgan fingerprint density at radius 1 is 1.45 bits per heavy atom. The van der Waals surface area contributed by atoms with Crippen molar-refractivity contribution in [1.29, 1.82) is 0 Å². The monoisotopic (exact) mass is 297 g/mol. The van der Waals surface area contributed by atoms with Crippen LogP contribution in [-0.2, 0) is 9.53 Å². The zero-order chi connectivity index (χ0) is 14.7. The summed E-state index contributed by atoms with van der Waals surface area (Å²) >= 11 is 5.97. The van der Waals surface area contributed by atoms with Crippen LogP contribution in [-0.4, -0.2) is 35.7 Å². The molecule has 1 aromatic carbocycles. The van der Waals surface area contributed by atoms with Crippen molar-refractivity contribution in [1.82, 2.24) is 5.32 Å². The lowest BCUT2D eigenvalue weighted by Gasteiger charge is -2.12. The van der Waals surface area contributed by atoms with Gasteiger partial charge in [-0.25, -0.2) is 4.79 Å². The summed E-state index contributed by atoms with van der Waals surface area (Å²) in [5, 5.41) is 12.1. The molecule has 5 nitrogen and oxygen atoms in total. The van der Waals surface area contributed by atoms with Crippen LogP contribution in [0.4, 0.5) is 0 Å². The fourth-order valence-corrected chi connectivity index (χ4v) is 2.26. The van der Waals surface area contributed by atoms with E-state index in [4.69, 9.17) is 21.4 Å². The summed E-state index contributed by atoms with van der Waals surface area (Å²) in [6.07, 6.45) is 0.102. The molecule has 108 valence electrons. The summed E-state index contributed by atoms with van der Waals surface area (Å²) in [7, 11) is 0. The Bertz CT molecular complexity index is 532. The highest BCUT2D eigenvalue weighted by Crippen LogP contribution is 2.20. The molecule has 0 aliphatic carbocycles. The normalized spacial score (nSPS) is 21.7. The zero-order valence-electron chi connectivity index (χ0n) is 11.1. The number of aliphatic carboxylic acids is 1. The van der Waals surface area contributed by atoms with Crippen molar-refractivity contribution in [3.05, 3.63) is 34.3 Å². The number of aryl methyl sites for hydroxylation is 1. The number of carbonyl (C=O) groups excluding carboxylic acids is 1. The largest absolute Gasteiger partial charge is 0.479 e. The quantitative estimate of drug-likeness (QED) is 0.891. The Labute approximate surface area is 121 Å². The van der Waals surface area contributed by atoms with Crippen LogP contribution in [0.3, 0.4) is 0 Å². The smallest absolute Gasteiger partial charge is 0.332 e. The van der Waals surface area contributed by atoms with Crippen LogP contribution in [0, 0.1) is 6.92 Å². The summed E-state index contributed by atoms with van der Waals surface area (Å²) < 4.78 is 5.31. The predicted molar refractivity (Wildman–Crippen MR) is 74.1 cm³/mol. The van der Waals surface area contributed by atoms with Gasteiger partial charge in [-0.3, -0.25) is 4.79 Å². The van der Waals surface area contributed by atoms with Gasteiger partial charge in [-0.05, 0) is 37.5 Å². The van der Waals surface area contributed by atoms with Crippen LogP contribution >= 0.6 is 11.6 Å². The van der Waals surface area contributed by atoms with Gasteiger partial charge in [0.2, 0.25) is 0 Å². The second kappa shape index (κ2) is 6.24. The number of carboxylic acids is 1.